The van der Waals surface area contributed by atoms with E-state index in [2.05, 4.69) is 6.92 Å². The van der Waals surface area contributed by atoms with Crippen LogP contribution < -0.4 is 14.4 Å². The Balaban J connectivity index is 1.93. The first-order valence-electron chi connectivity index (χ1n) is 8.28. The topological polar surface area (TPSA) is 38.8 Å². The molecule has 1 fully saturated rings. The number of ether oxygens (including phenoxy) is 2. The van der Waals surface area contributed by atoms with Gasteiger partial charge in [-0.15, -0.1) is 0 Å². The van der Waals surface area contributed by atoms with Gasteiger partial charge in [-0.2, -0.15) is 0 Å². The van der Waals surface area contributed by atoms with Gasteiger partial charge in [0, 0.05) is 5.56 Å². The van der Waals surface area contributed by atoms with Crippen LogP contribution in [0.1, 0.15) is 18.9 Å². The zero-order valence-corrected chi connectivity index (χ0v) is 16.2. The van der Waals surface area contributed by atoms with Crippen molar-refractivity contribution in [1.29, 1.82) is 0 Å². The summed E-state index contributed by atoms with van der Waals surface area (Å²) in [6, 6.07) is 15.0. The Labute approximate surface area is 162 Å². The van der Waals surface area contributed by atoms with Crippen LogP contribution in [-0.4, -0.2) is 23.9 Å². The number of amides is 1. The second-order valence-electron chi connectivity index (χ2n) is 5.58. The number of hydrogen-bond acceptors (Lipinski definition) is 5. The van der Waals surface area contributed by atoms with Crippen molar-refractivity contribution in [3.05, 3.63) is 59.0 Å². The van der Waals surface area contributed by atoms with E-state index < -0.39 is 0 Å². The van der Waals surface area contributed by atoms with Gasteiger partial charge in [0.1, 0.15) is 11.5 Å². The summed E-state index contributed by atoms with van der Waals surface area (Å²) < 4.78 is 11.6. The molecule has 1 aliphatic rings. The maximum Gasteiger partial charge on any atom is 0.270 e. The molecule has 26 heavy (non-hydrogen) atoms. The van der Waals surface area contributed by atoms with Gasteiger partial charge in [0.2, 0.25) is 0 Å². The monoisotopic (exact) mass is 385 g/mol. The molecule has 2 aromatic rings. The first-order valence-corrected chi connectivity index (χ1v) is 9.51. The lowest BCUT2D eigenvalue weighted by atomic mass is 10.2. The molecule has 0 aromatic heterocycles. The maximum absolute atomic E-state index is 13.0. The van der Waals surface area contributed by atoms with Crippen LogP contribution in [0.5, 0.6) is 11.5 Å². The van der Waals surface area contributed by atoms with Gasteiger partial charge >= 0.3 is 0 Å². The molecule has 0 radical (unpaired) electrons. The molecule has 1 heterocycles. The molecule has 0 atom stereocenters. The number of carbonyl (C=O) groups is 1. The molecule has 0 aliphatic carbocycles. The van der Waals surface area contributed by atoms with E-state index in [0.717, 1.165) is 17.7 Å². The molecule has 0 spiro atoms. The largest absolute Gasteiger partial charge is 0.495 e. The molecular formula is C20H19NO3S2. The molecule has 0 bridgehead atoms. The van der Waals surface area contributed by atoms with E-state index in [9.17, 15) is 4.79 Å². The molecule has 0 N–H and O–H groups in total. The number of anilines is 1. The minimum absolute atomic E-state index is 0.158. The fourth-order valence-corrected chi connectivity index (χ4v) is 3.85. The van der Waals surface area contributed by atoms with Crippen LogP contribution >= 0.6 is 24.0 Å². The van der Waals surface area contributed by atoms with E-state index in [1.54, 1.807) is 7.11 Å². The lowest BCUT2D eigenvalue weighted by molar-refractivity contribution is -0.113. The fraction of sp³-hybridized carbons (Fsp3) is 0.200. The summed E-state index contributed by atoms with van der Waals surface area (Å²) in [5, 5.41) is 0. The normalized spacial score (nSPS) is 15.6. The van der Waals surface area contributed by atoms with Gasteiger partial charge in [0.15, 0.2) is 4.32 Å². The summed E-state index contributed by atoms with van der Waals surface area (Å²) in [6.07, 6.45) is 2.75. The highest BCUT2D eigenvalue weighted by Crippen LogP contribution is 2.40. The number of benzene rings is 2. The molecule has 1 aliphatic heterocycles. The zero-order chi connectivity index (χ0) is 18.5. The van der Waals surface area contributed by atoms with Crippen LogP contribution in [0, 0.1) is 0 Å². The minimum atomic E-state index is -0.158. The van der Waals surface area contributed by atoms with Crippen molar-refractivity contribution >= 4 is 46.0 Å². The van der Waals surface area contributed by atoms with Crippen LogP contribution in [0.25, 0.3) is 6.08 Å². The number of carbonyl (C=O) groups excluding carboxylic acids is 1. The van der Waals surface area contributed by atoms with Gasteiger partial charge in [0.05, 0.1) is 24.3 Å². The highest BCUT2D eigenvalue weighted by atomic mass is 32.2. The van der Waals surface area contributed by atoms with E-state index in [0.29, 0.717) is 27.3 Å². The van der Waals surface area contributed by atoms with Gasteiger partial charge in [-0.25, -0.2) is 0 Å². The SMILES string of the molecule is CCCOc1ccccc1/C=C1/SC(=S)N(c2ccccc2OC)C1=O. The molecule has 1 amide bonds. The predicted octanol–water partition coefficient (Wildman–Crippen LogP) is 4.89. The third-order valence-electron chi connectivity index (χ3n) is 3.79. The van der Waals surface area contributed by atoms with Gasteiger partial charge in [0.25, 0.3) is 5.91 Å². The third-order valence-corrected chi connectivity index (χ3v) is 5.09. The number of para-hydroxylation sites is 3. The molecular weight excluding hydrogens is 366 g/mol. The van der Waals surface area contributed by atoms with E-state index >= 15 is 0 Å². The van der Waals surface area contributed by atoms with Crippen molar-refractivity contribution in [2.75, 3.05) is 18.6 Å². The molecule has 134 valence electrons. The van der Waals surface area contributed by atoms with Gasteiger partial charge in [-0.1, -0.05) is 61.2 Å². The van der Waals surface area contributed by atoms with Crippen molar-refractivity contribution in [2.24, 2.45) is 0 Å². The van der Waals surface area contributed by atoms with Crippen LogP contribution in [0.4, 0.5) is 5.69 Å². The van der Waals surface area contributed by atoms with Gasteiger partial charge < -0.3 is 9.47 Å². The summed E-state index contributed by atoms with van der Waals surface area (Å²) in [4.78, 5) is 15.0. The summed E-state index contributed by atoms with van der Waals surface area (Å²) >= 11 is 6.72. The molecule has 3 rings (SSSR count). The molecule has 0 saturated carbocycles. The predicted molar refractivity (Wildman–Crippen MR) is 111 cm³/mol. The Bertz CT molecular complexity index is 864. The Kier molecular flexibility index (Phi) is 5.96. The third kappa shape index (κ3) is 3.76. The fourth-order valence-electron chi connectivity index (χ4n) is 2.57. The number of methoxy groups -OCH3 is 1. The van der Waals surface area contributed by atoms with E-state index in [1.807, 2.05) is 54.6 Å². The van der Waals surface area contributed by atoms with Crippen molar-refractivity contribution in [2.45, 2.75) is 13.3 Å². The number of nitrogens with zero attached hydrogens (tertiary/aromatic N) is 1. The van der Waals surface area contributed by atoms with Gasteiger partial charge in [-0.3, -0.25) is 9.69 Å². The summed E-state index contributed by atoms with van der Waals surface area (Å²) in [7, 11) is 1.58. The average Bonchev–Trinajstić information content (AvgIpc) is 2.94. The average molecular weight is 386 g/mol. The molecule has 1 saturated heterocycles. The highest BCUT2D eigenvalue weighted by Gasteiger charge is 2.34. The van der Waals surface area contributed by atoms with E-state index in [4.69, 9.17) is 21.7 Å². The smallest absolute Gasteiger partial charge is 0.270 e. The molecule has 4 nitrogen and oxygen atoms in total. The van der Waals surface area contributed by atoms with Crippen LogP contribution in [0.3, 0.4) is 0 Å². The van der Waals surface area contributed by atoms with Crippen LogP contribution in [-0.2, 0) is 4.79 Å². The summed E-state index contributed by atoms with van der Waals surface area (Å²) in [5.74, 6) is 1.21. The maximum atomic E-state index is 13.0. The second kappa shape index (κ2) is 8.38. The summed E-state index contributed by atoms with van der Waals surface area (Å²) in [6.45, 7) is 2.69. The molecule has 6 heteroatoms. The van der Waals surface area contributed by atoms with Crippen LogP contribution in [0.2, 0.25) is 0 Å². The van der Waals surface area contributed by atoms with Crippen molar-refractivity contribution in [3.8, 4) is 11.5 Å². The molecule has 0 unspecified atom stereocenters. The van der Waals surface area contributed by atoms with E-state index in [1.165, 1.54) is 16.7 Å². The van der Waals surface area contributed by atoms with Gasteiger partial charge in [-0.05, 0) is 30.7 Å². The number of thioether (sulfide) groups is 1. The Morgan fingerprint density at radius 3 is 2.54 bits per heavy atom. The first kappa shape index (κ1) is 18.5. The van der Waals surface area contributed by atoms with Crippen molar-refractivity contribution < 1.29 is 14.3 Å². The van der Waals surface area contributed by atoms with Crippen molar-refractivity contribution in [1.82, 2.24) is 0 Å². The first-order chi connectivity index (χ1) is 12.7. The number of hydrogen-bond donors (Lipinski definition) is 0. The number of thiocarbonyl (C=S) groups is 1. The summed E-state index contributed by atoms with van der Waals surface area (Å²) in [5.41, 5.74) is 1.51. The quantitative estimate of drug-likeness (QED) is 0.523. The van der Waals surface area contributed by atoms with Crippen LogP contribution in [0.15, 0.2) is 53.4 Å². The molecule has 2 aromatic carbocycles. The standard InChI is InChI=1S/C20H19NO3S2/c1-3-12-24-16-10-6-4-8-14(16)13-18-19(22)21(20(25)26-18)15-9-5-7-11-17(15)23-2/h4-11,13H,3,12H2,1-2H3/b18-13+. The lowest BCUT2D eigenvalue weighted by Gasteiger charge is -2.17. The second-order valence-corrected chi connectivity index (χ2v) is 7.25. The number of rotatable bonds is 6. The Hall–Kier alpha value is -2.31. The lowest BCUT2D eigenvalue weighted by Crippen LogP contribution is -2.27. The highest BCUT2D eigenvalue weighted by molar-refractivity contribution is 8.27. The van der Waals surface area contributed by atoms with E-state index in [-0.39, 0.29) is 5.91 Å². The Morgan fingerprint density at radius 2 is 1.81 bits per heavy atom. The zero-order valence-electron chi connectivity index (χ0n) is 14.6. The minimum Gasteiger partial charge on any atom is -0.495 e. The Morgan fingerprint density at radius 1 is 1.12 bits per heavy atom. The van der Waals surface area contributed by atoms with Crippen molar-refractivity contribution in [3.63, 3.8) is 0 Å².